The monoisotopic (exact) mass is 306 g/mol. The number of sulfone groups is 1. The van der Waals surface area contributed by atoms with Gasteiger partial charge in [-0.2, -0.15) is 0 Å². The molecule has 2 aromatic rings. The van der Waals surface area contributed by atoms with Crippen molar-refractivity contribution in [1.82, 2.24) is 0 Å². The summed E-state index contributed by atoms with van der Waals surface area (Å²) in [7, 11) is -5.83. The van der Waals surface area contributed by atoms with Crippen LogP contribution in [-0.2, 0) is 9.84 Å². The van der Waals surface area contributed by atoms with Crippen LogP contribution in [0.25, 0.3) is 0 Å². The Balaban J connectivity index is 2.32. The predicted octanol–water partition coefficient (Wildman–Crippen LogP) is -1.16. The summed E-state index contributed by atoms with van der Waals surface area (Å²) in [4.78, 5) is 0.118. The summed E-state index contributed by atoms with van der Waals surface area (Å²) in [6.07, 6.45) is 0. The molecule has 2 aromatic carbocycles. The summed E-state index contributed by atoms with van der Waals surface area (Å²) in [5.74, 6) is 0.357. The molecule has 0 unspecified atom stereocenters. The average Bonchev–Trinajstić information content (AvgIpc) is 2.48. The van der Waals surface area contributed by atoms with Crippen LogP contribution < -0.4 is 10.1 Å². The molecule has 0 spiro atoms. The van der Waals surface area contributed by atoms with Gasteiger partial charge in [-0.1, -0.05) is 12.1 Å². The van der Waals surface area contributed by atoms with Crippen molar-refractivity contribution in [3.05, 3.63) is 48.5 Å². The fourth-order valence-electron chi connectivity index (χ4n) is 1.74. The zero-order chi connectivity index (χ0) is 15.5. The lowest BCUT2D eigenvalue weighted by atomic mass is 9.81. The molecular weight excluding hydrogens is 294 g/mol. The summed E-state index contributed by atoms with van der Waals surface area (Å²) in [5.41, 5.74) is 0.209. The minimum atomic E-state index is -3.69. The highest BCUT2D eigenvalue weighted by atomic mass is 32.2. The normalized spacial score (nSPS) is 11.0. The van der Waals surface area contributed by atoms with Crippen molar-refractivity contribution >= 4 is 30.1 Å². The highest BCUT2D eigenvalue weighted by molar-refractivity contribution is 7.91. The minimum absolute atomic E-state index is 0.0442. The molecule has 3 N–H and O–H groups in total. The molecule has 0 saturated heterocycles. The Morgan fingerprint density at radius 1 is 0.905 bits per heavy atom. The molecule has 0 fully saturated rings. The zero-order valence-corrected chi connectivity index (χ0v) is 11.7. The van der Waals surface area contributed by atoms with Crippen LogP contribution in [0.5, 0.6) is 5.75 Å². The molecule has 0 heterocycles. The van der Waals surface area contributed by atoms with Crippen LogP contribution in [0.3, 0.4) is 0 Å². The van der Waals surface area contributed by atoms with Gasteiger partial charge in [0.05, 0.1) is 9.79 Å². The van der Waals surface area contributed by atoms with Gasteiger partial charge in [-0.05, 0) is 41.9 Å². The van der Waals surface area contributed by atoms with E-state index >= 15 is 0 Å². The van der Waals surface area contributed by atoms with Crippen molar-refractivity contribution in [1.29, 1.82) is 0 Å². The molecular formula is C12H12B2O6S. The highest BCUT2D eigenvalue weighted by Crippen LogP contribution is 2.22. The van der Waals surface area contributed by atoms with E-state index in [9.17, 15) is 8.42 Å². The maximum atomic E-state index is 12.4. The van der Waals surface area contributed by atoms with Gasteiger partial charge in [0.2, 0.25) is 9.84 Å². The lowest BCUT2D eigenvalue weighted by Crippen LogP contribution is -2.29. The number of hydrogen-bond donors (Lipinski definition) is 3. The lowest BCUT2D eigenvalue weighted by Gasteiger charge is -2.07. The minimum Gasteiger partial charge on any atom is -0.539 e. The topological polar surface area (TPSA) is 104 Å². The van der Waals surface area contributed by atoms with Crippen molar-refractivity contribution < 1.29 is 28.1 Å². The van der Waals surface area contributed by atoms with E-state index in [0.29, 0.717) is 5.75 Å². The van der Waals surface area contributed by atoms with Crippen LogP contribution in [0.15, 0.2) is 58.3 Å². The van der Waals surface area contributed by atoms with Crippen LogP contribution in [0.1, 0.15) is 0 Å². The molecule has 0 aromatic heterocycles. The number of rotatable bonds is 5. The van der Waals surface area contributed by atoms with Gasteiger partial charge in [-0.25, -0.2) is 8.42 Å². The van der Waals surface area contributed by atoms with E-state index in [-0.39, 0.29) is 15.3 Å². The molecule has 0 aliphatic heterocycles. The second-order valence-electron chi connectivity index (χ2n) is 4.19. The fraction of sp³-hybridized carbons (Fsp3) is 0. The van der Waals surface area contributed by atoms with Gasteiger partial charge in [0.1, 0.15) is 5.75 Å². The number of benzene rings is 2. The van der Waals surface area contributed by atoms with Gasteiger partial charge in [-0.3, -0.25) is 0 Å². The number of hydrogen-bond acceptors (Lipinski definition) is 6. The highest BCUT2D eigenvalue weighted by Gasteiger charge is 2.19. The Morgan fingerprint density at radius 3 is 1.81 bits per heavy atom. The molecule has 0 aliphatic carbocycles. The van der Waals surface area contributed by atoms with E-state index in [0.717, 1.165) is 0 Å². The summed E-state index contributed by atoms with van der Waals surface area (Å²) in [5, 5.41) is 26.6. The van der Waals surface area contributed by atoms with Crippen molar-refractivity contribution in [2.75, 3.05) is 0 Å². The first-order valence-corrected chi connectivity index (χ1v) is 7.48. The van der Waals surface area contributed by atoms with E-state index < -0.39 is 24.6 Å². The SMILES string of the molecule is O=S(=O)(c1ccc(OBO)cc1)c1ccc(B(O)O)cc1. The first-order chi connectivity index (χ1) is 9.95. The van der Waals surface area contributed by atoms with E-state index in [4.69, 9.17) is 19.7 Å². The molecule has 2 rings (SSSR count). The van der Waals surface area contributed by atoms with Crippen molar-refractivity contribution in [2.45, 2.75) is 9.79 Å². The lowest BCUT2D eigenvalue weighted by molar-refractivity contribution is 0.425. The summed E-state index contributed by atoms with van der Waals surface area (Å²) >= 11 is 0. The van der Waals surface area contributed by atoms with Gasteiger partial charge in [0, 0.05) is 0 Å². The van der Waals surface area contributed by atoms with Gasteiger partial charge in [-0.15, -0.1) is 0 Å². The van der Waals surface area contributed by atoms with E-state index in [1.165, 1.54) is 48.5 Å². The van der Waals surface area contributed by atoms with Crippen molar-refractivity contribution in [3.63, 3.8) is 0 Å². The molecule has 0 aliphatic rings. The first-order valence-electron chi connectivity index (χ1n) is 6.00. The summed E-state index contributed by atoms with van der Waals surface area (Å²) in [6.45, 7) is 0. The van der Waals surface area contributed by atoms with Gasteiger partial charge >= 0.3 is 14.8 Å². The Kier molecular flexibility index (Phi) is 4.69. The summed E-state index contributed by atoms with van der Waals surface area (Å²) in [6, 6.07) is 10.9. The summed E-state index contributed by atoms with van der Waals surface area (Å²) < 4.78 is 29.6. The molecule has 0 radical (unpaired) electrons. The Labute approximate surface area is 123 Å². The Morgan fingerprint density at radius 2 is 1.38 bits per heavy atom. The van der Waals surface area contributed by atoms with Crippen LogP contribution in [0.4, 0.5) is 0 Å². The molecule has 0 bridgehead atoms. The van der Waals surface area contributed by atoms with Gasteiger partial charge < -0.3 is 19.7 Å². The second-order valence-corrected chi connectivity index (χ2v) is 6.14. The third kappa shape index (κ3) is 3.45. The van der Waals surface area contributed by atoms with Crippen molar-refractivity contribution in [2.24, 2.45) is 0 Å². The molecule has 9 heteroatoms. The van der Waals surface area contributed by atoms with Crippen LogP contribution in [0, 0.1) is 0 Å². The van der Waals surface area contributed by atoms with E-state index in [2.05, 4.69) is 0 Å². The predicted molar refractivity (Wildman–Crippen MR) is 78.2 cm³/mol. The van der Waals surface area contributed by atoms with Gasteiger partial charge in [0.25, 0.3) is 0 Å². The quantitative estimate of drug-likeness (QED) is 0.602. The Bertz CT molecular complexity index is 698. The molecule has 0 saturated carbocycles. The Hall–Kier alpha value is -1.80. The van der Waals surface area contributed by atoms with Crippen LogP contribution in [-0.4, -0.2) is 38.3 Å². The smallest absolute Gasteiger partial charge is 0.504 e. The standard InChI is InChI=1S/C12H12B2O6S/c15-13-20-10-3-7-12(8-4-10)21(18,19)11-5-1-9(2-6-11)14(16)17/h1-8,13,15-17H. The molecule has 0 atom stereocenters. The largest absolute Gasteiger partial charge is 0.539 e. The molecule has 6 nitrogen and oxygen atoms in total. The van der Waals surface area contributed by atoms with E-state index in [1.54, 1.807) is 0 Å². The zero-order valence-electron chi connectivity index (χ0n) is 10.9. The maximum absolute atomic E-state index is 12.4. The van der Waals surface area contributed by atoms with Crippen molar-refractivity contribution in [3.8, 4) is 5.75 Å². The average molecular weight is 306 g/mol. The molecule has 21 heavy (non-hydrogen) atoms. The van der Waals surface area contributed by atoms with Crippen LogP contribution >= 0.6 is 0 Å². The third-order valence-corrected chi connectivity index (χ3v) is 4.64. The van der Waals surface area contributed by atoms with E-state index in [1.807, 2.05) is 0 Å². The second kappa shape index (κ2) is 6.31. The molecule has 108 valence electrons. The van der Waals surface area contributed by atoms with Gasteiger partial charge in [0.15, 0.2) is 0 Å². The van der Waals surface area contributed by atoms with Crippen LogP contribution in [0.2, 0.25) is 0 Å². The maximum Gasteiger partial charge on any atom is 0.504 e. The fourth-order valence-corrected chi connectivity index (χ4v) is 3.01. The first kappa shape index (κ1) is 15.6. The third-order valence-electron chi connectivity index (χ3n) is 2.85. The molecule has 0 amide bonds.